The molecule has 0 aliphatic rings. The van der Waals surface area contributed by atoms with Crippen molar-refractivity contribution in [2.75, 3.05) is 0 Å². The number of hydrogen-bond acceptors (Lipinski definition) is 4. The van der Waals surface area contributed by atoms with Gasteiger partial charge in [0.05, 0.1) is 6.33 Å². The first-order chi connectivity index (χ1) is 7.77. The molecule has 0 fully saturated rings. The number of imidazole rings is 1. The van der Waals surface area contributed by atoms with Gasteiger partial charge in [0.2, 0.25) is 0 Å². The van der Waals surface area contributed by atoms with E-state index in [-0.39, 0.29) is 5.56 Å². The van der Waals surface area contributed by atoms with Gasteiger partial charge in [-0.1, -0.05) is 19.1 Å². The van der Waals surface area contributed by atoms with Gasteiger partial charge in [-0.2, -0.15) is 0 Å². The van der Waals surface area contributed by atoms with Crippen molar-refractivity contribution in [2.24, 2.45) is 0 Å². The van der Waals surface area contributed by atoms with E-state index in [0.29, 0.717) is 17.7 Å². The third-order valence-electron chi connectivity index (χ3n) is 2.39. The molecule has 0 aromatic carbocycles. The smallest absolute Gasteiger partial charge is 0.297 e. The van der Waals surface area contributed by atoms with Crippen LogP contribution in [0.15, 0.2) is 11.1 Å². The van der Waals surface area contributed by atoms with E-state index in [2.05, 4.69) is 22.2 Å². The Hall–Kier alpha value is -1.72. The zero-order valence-electron chi connectivity index (χ0n) is 9.55. The second-order valence-corrected chi connectivity index (χ2v) is 3.73. The summed E-state index contributed by atoms with van der Waals surface area (Å²) in [6.45, 7) is 5.45. The molecule has 0 radical (unpaired) electrons. The van der Waals surface area contributed by atoms with Gasteiger partial charge in [-0.25, -0.2) is 9.67 Å². The molecule has 2 aromatic rings. The van der Waals surface area contributed by atoms with Crippen LogP contribution in [0.2, 0.25) is 0 Å². The maximum atomic E-state index is 11.9. The Kier molecular flexibility index (Phi) is 2.98. The Balaban J connectivity index is 2.55. The minimum atomic E-state index is -0.151. The van der Waals surface area contributed by atoms with E-state index in [4.69, 9.17) is 0 Å². The number of hydrogen-bond donors (Lipinski definition) is 0. The van der Waals surface area contributed by atoms with Gasteiger partial charge in [-0.05, 0) is 12.8 Å². The summed E-state index contributed by atoms with van der Waals surface area (Å²) in [6.07, 6.45) is 3.49. The van der Waals surface area contributed by atoms with Gasteiger partial charge in [0.15, 0.2) is 11.2 Å². The highest BCUT2D eigenvalue weighted by atomic mass is 16.1. The van der Waals surface area contributed by atoms with E-state index in [0.717, 1.165) is 19.4 Å². The average Bonchev–Trinajstić information content (AvgIpc) is 2.67. The lowest BCUT2D eigenvalue weighted by molar-refractivity contribution is 0.537. The zero-order valence-corrected chi connectivity index (χ0v) is 9.55. The molecule has 2 heterocycles. The highest BCUT2D eigenvalue weighted by Crippen LogP contribution is 2.04. The Morgan fingerprint density at radius 1 is 1.25 bits per heavy atom. The van der Waals surface area contributed by atoms with Crippen LogP contribution in [0.25, 0.3) is 11.2 Å². The van der Waals surface area contributed by atoms with Crippen LogP contribution in [0.5, 0.6) is 0 Å². The topological polar surface area (TPSA) is 65.6 Å². The fraction of sp³-hybridized carbons (Fsp3) is 0.600. The van der Waals surface area contributed by atoms with E-state index < -0.39 is 0 Å². The minimum absolute atomic E-state index is 0.151. The average molecular weight is 221 g/mol. The first kappa shape index (κ1) is 10.8. The molecular formula is C10H15N5O. The van der Waals surface area contributed by atoms with Crippen molar-refractivity contribution >= 4 is 11.2 Å². The van der Waals surface area contributed by atoms with Crippen LogP contribution in [-0.2, 0) is 13.1 Å². The van der Waals surface area contributed by atoms with Crippen LogP contribution in [0, 0.1) is 0 Å². The van der Waals surface area contributed by atoms with E-state index in [9.17, 15) is 4.79 Å². The Labute approximate surface area is 92.9 Å². The maximum absolute atomic E-state index is 11.9. The second-order valence-electron chi connectivity index (χ2n) is 3.73. The van der Waals surface area contributed by atoms with Gasteiger partial charge in [-0.15, -0.1) is 5.10 Å². The molecule has 0 aliphatic carbocycles. The first-order valence-corrected chi connectivity index (χ1v) is 5.56. The standard InChI is InChI=1S/C10H15N5O/c1-3-5-14-7-11-8-9(14)12-13-15(6-4-2)10(8)16/h7H,3-6H2,1-2H3. The third-order valence-corrected chi connectivity index (χ3v) is 2.39. The molecule has 2 rings (SSSR count). The van der Waals surface area contributed by atoms with E-state index in [1.54, 1.807) is 6.33 Å². The largest absolute Gasteiger partial charge is 0.314 e. The number of nitrogens with zero attached hydrogens (tertiary/aromatic N) is 5. The van der Waals surface area contributed by atoms with Crippen molar-refractivity contribution in [3.8, 4) is 0 Å². The van der Waals surface area contributed by atoms with Gasteiger partial charge in [0, 0.05) is 13.1 Å². The van der Waals surface area contributed by atoms with Gasteiger partial charge in [0.1, 0.15) is 0 Å². The molecular weight excluding hydrogens is 206 g/mol. The molecule has 0 saturated carbocycles. The number of fused-ring (bicyclic) bond motifs is 1. The Morgan fingerprint density at radius 2 is 2.00 bits per heavy atom. The molecule has 0 unspecified atom stereocenters. The molecule has 0 spiro atoms. The molecule has 0 atom stereocenters. The molecule has 6 nitrogen and oxygen atoms in total. The van der Waals surface area contributed by atoms with Gasteiger partial charge in [0.25, 0.3) is 5.56 Å². The second kappa shape index (κ2) is 4.42. The van der Waals surface area contributed by atoms with Crippen LogP contribution < -0.4 is 5.56 Å². The van der Waals surface area contributed by atoms with Crippen LogP contribution in [0.4, 0.5) is 0 Å². The van der Waals surface area contributed by atoms with Crippen molar-refractivity contribution in [1.82, 2.24) is 24.5 Å². The van der Waals surface area contributed by atoms with E-state index in [1.807, 2.05) is 11.5 Å². The molecule has 2 aromatic heterocycles. The van der Waals surface area contributed by atoms with Crippen molar-refractivity contribution in [2.45, 2.75) is 39.8 Å². The molecule has 0 amide bonds. The Bertz CT molecular complexity index is 542. The fourth-order valence-electron chi connectivity index (χ4n) is 1.65. The molecule has 6 heteroatoms. The molecule has 16 heavy (non-hydrogen) atoms. The first-order valence-electron chi connectivity index (χ1n) is 5.56. The number of aromatic nitrogens is 5. The van der Waals surface area contributed by atoms with Gasteiger partial charge < -0.3 is 4.57 Å². The molecule has 0 saturated heterocycles. The van der Waals surface area contributed by atoms with Crippen molar-refractivity contribution in [1.29, 1.82) is 0 Å². The summed E-state index contributed by atoms with van der Waals surface area (Å²) in [5, 5.41) is 7.96. The highest BCUT2D eigenvalue weighted by molar-refractivity contribution is 5.68. The summed E-state index contributed by atoms with van der Waals surface area (Å²) < 4.78 is 3.23. The van der Waals surface area contributed by atoms with Crippen LogP contribution >= 0.6 is 0 Å². The van der Waals surface area contributed by atoms with Gasteiger partial charge in [-0.3, -0.25) is 4.79 Å². The summed E-state index contributed by atoms with van der Waals surface area (Å²) in [4.78, 5) is 16.0. The quantitative estimate of drug-likeness (QED) is 0.766. The normalized spacial score (nSPS) is 11.1. The summed E-state index contributed by atoms with van der Waals surface area (Å²) in [5.41, 5.74) is 0.845. The molecule has 86 valence electrons. The highest BCUT2D eigenvalue weighted by Gasteiger charge is 2.10. The lowest BCUT2D eigenvalue weighted by Crippen LogP contribution is -2.24. The zero-order chi connectivity index (χ0) is 11.5. The fourth-order valence-corrected chi connectivity index (χ4v) is 1.65. The molecule has 0 bridgehead atoms. The number of aryl methyl sites for hydroxylation is 2. The lowest BCUT2D eigenvalue weighted by atomic mass is 10.4. The summed E-state index contributed by atoms with van der Waals surface area (Å²) >= 11 is 0. The van der Waals surface area contributed by atoms with Gasteiger partial charge >= 0.3 is 0 Å². The van der Waals surface area contributed by atoms with Crippen LogP contribution in [-0.4, -0.2) is 24.5 Å². The van der Waals surface area contributed by atoms with E-state index >= 15 is 0 Å². The summed E-state index contributed by atoms with van der Waals surface area (Å²) in [6, 6.07) is 0. The third kappa shape index (κ3) is 1.70. The monoisotopic (exact) mass is 221 g/mol. The Morgan fingerprint density at radius 3 is 2.69 bits per heavy atom. The van der Waals surface area contributed by atoms with Crippen LogP contribution in [0.1, 0.15) is 26.7 Å². The predicted octanol–water partition coefficient (Wildman–Crippen LogP) is 0.808. The molecule has 0 N–H and O–H groups in total. The predicted molar refractivity (Wildman–Crippen MR) is 60.2 cm³/mol. The molecule has 0 aliphatic heterocycles. The maximum Gasteiger partial charge on any atom is 0.297 e. The van der Waals surface area contributed by atoms with Crippen molar-refractivity contribution < 1.29 is 0 Å². The minimum Gasteiger partial charge on any atom is -0.314 e. The van der Waals surface area contributed by atoms with E-state index in [1.165, 1.54) is 4.68 Å². The summed E-state index contributed by atoms with van der Waals surface area (Å²) in [5.74, 6) is 0. The summed E-state index contributed by atoms with van der Waals surface area (Å²) in [7, 11) is 0. The van der Waals surface area contributed by atoms with Crippen LogP contribution in [0.3, 0.4) is 0 Å². The number of rotatable bonds is 4. The lowest BCUT2D eigenvalue weighted by Gasteiger charge is -2.01. The van der Waals surface area contributed by atoms with Crippen molar-refractivity contribution in [3.05, 3.63) is 16.7 Å². The van der Waals surface area contributed by atoms with Crippen molar-refractivity contribution in [3.63, 3.8) is 0 Å². The SMILES string of the molecule is CCCn1nnc2c(ncn2CCC)c1=O.